The maximum Gasteiger partial charge on any atom is 0.251 e. The maximum atomic E-state index is 12.2. The van der Waals surface area contributed by atoms with E-state index >= 15 is 0 Å². The Morgan fingerprint density at radius 1 is 1.29 bits per heavy atom. The number of nitrogens with zero attached hydrogens (tertiary/aromatic N) is 1. The zero-order valence-corrected chi connectivity index (χ0v) is 14.1. The highest BCUT2D eigenvalue weighted by atomic mass is 16.2. The van der Waals surface area contributed by atoms with E-state index in [2.05, 4.69) is 46.4 Å². The SMILES string of the molecule is Cc1cc(C(=O)NC[C@@H]2CCN(c3ccccc3C)C2)cc(=O)[nH]1. The second-order valence-corrected chi connectivity index (χ2v) is 6.51. The van der Waals surface area contributed by atoms with Gasteiger partial charge in [0.1, 0.15) is 0 Å². The standard InChI is InChI=1S/C19H23N3O2/c1-13-5-3-4-6-17(13)22-8-7-15(12-22)11-20-19(24)16-9-14(2)21-18(23)10-16/h3-6,9-10,15H,7-8,11-12H2,1-2H3,(H,20,24)(H,21,23)/t15-/m0/s1. The molecule has 0 aliphatic carbocycles. The molecule has 126 valence electrons. The summed E-state index contributed by atoms with van der Waals surface area (Å²) in [5.41, 5.74) is 3.42. The number of aromatic nitrogens is 1. The fraction of sp³-hybridized carbons (Fsp3) is 0.368. The van der Waals surface area contributed by atoms with Gasteiger partial charge in [0, 0.05) is 42.6 Å². The number of carbonyl (C=O) groups is 1. The predicted octanol–water partition coefficient (Wildman–Crippen LogP) is 2.25. The van der Waals surface area contributed by atoms with E-state index in [-0.39, 0.29) is 11.5 Å². The monoisotopic (exact) mass is 325 g/mol. The van der Waals surface area contributed by atoms with Crippen LogP contribution in [0.15, 0.2) is 41.2 Å². The molecule has 0 unspecified atom stereocenters. The van der Waals surface area contributed by atoms with Crippen LogP contribution >= 0.6 is 0 Å². The third-order valence-electron chi connectivity index (χ3n) is 4.53. The zero-order chi connectivity index (χ0) is 17.1. The second kappa shape index (κ2) is 6.91. The molecule has 0 saturated carbocycles. The Morgan fingerprint density at radius 3 is 2.83 bits per heavy atom. The Balaban J connectivity index is 1.57. The van der Waals surface area contributed by atoms with Crippen molar-refractivity contribution in [3.63, 3.8) is 0 Å². The molecule has 1 aromatic carbocycles. The van der Waals surface area contributed by atoms with Crippen molar-refractivity contribution in [1.82, 2.24) is 10.3 Å². The van der Waals surface area contributed by atoms with E-state index in [9.17, 15) is 9.59 Å². The van der Waals surface area contributed by atoms with Crippen LogP contribution in [0.2, 0.25) is 0 Å². The number of aromatic amines is 1. The van der Waals surface area contributed by atoms with Crippen molar-refractivity contribution in [2.24, 2.45) is 5.92 Å². The van der Waals surface area contributed by atoms with E-state index in [1.807, 2.05) is 0 Å². The molecule has 1 aliphatic heterocycles. The van der Waals surface area contributed by atoms with Crippen LogP contribution in [0.4, 0.5) is 5.69 Å². The van der Waals surface area contributed by atoms with Gasteiger partial charge in [-0.2, -0.15) is 0 Å². The van der Waals surface area contributed by atoms with Crippen LogP contribution < -0.4 is 15.8 Å². The average Bonchev–Trinajstić information content (AvgIpc) is 3.01. The van der Waals surface area contributed by atoms with Gasteiger partial charge in [0.05, 0.1) is 0 Å². The lowest BCUT2D eigenvalue weighted by molar-refractivity contribution is 0.0948. The van der Waals surface area contributed by atoms with Crippen LogP contribution in [0, 0.1) is 19.8 Å². The third kappa shape index (κ3) is 3.67. The fourth-order valence-electron chi connectivity index (χ4n) is 3.29. The zero-order valence-electron chi connectivity index (χ0n) is 14.1. The number of benzene rings is 1. The number of amides is 1. The van der Waals surface area contributed by atoms with E-state index in [4.69, 9.17) is 0 Å². The Bertz CT molecular complexity index is 797. The summed E-state index contributed by atoms with van der Waals surface area (Å²) in [6, 6.07) is 11.4. The van der Waals surface area contributed by atoms with Crippen molar-refractivity contribution in [1.29, 1.82) is 0 Å². The first kappa shape index (κ1) is 16.3. The number of anilines is 1. The lowest BCUT2D eigenvalue weighted by Crippen LogP contribution is -2.31. The highest BCUT2D eigenvalue weighted by molar-refractivity contribution is 5.94. The number of H-pyrrole nitrogens is 1. The van der Waals surface area contributed by atoms with Crippen molar-refractivity contribution in [2.45, 2.75) is 20.3 Å². The Morgan fingerprint density at radius 2 is 2.08 bits per heavy atom. The molecule has 1 amide bonds. The molecule has 1 aliphatic rings. The molecule has 1 aromatic heterocycles. The summed E-state index contributed by atoms with van der Waals surface area (Å²) in [6.45, 7) is 6.48. The topological polar surface area (TPSA) is 65.2 Å². The van der Waals surface area contributed by atoms with Gasteiger partial charge in [0.15, 0.2) is 0 Å². The van der Waals surface area contributed by atoms with Crippen molar-refractivity contribution in [2.75, 3.05) is 24.5 Å². The quantitative estimate of drug-likeness (QED) is 0.906. The van der Waals surface area contributed by atoms with Gasteiger partial charge in [0.25, 0.3) is 5.91 Å². The van der Waals surface area contributed by atoms with Gasteiger partial charge in [-0.3, -0.25) is 9.59 Å². The van der Waals surface area contributed by atoms with Crippen molar-refractivity contribution >= 4 is 11.6 Å². The van der Waals surface area contributed by atoms with Gasteiger partial charge in [-0.1, -0.05) is 18.2 Å². The normalized spacial score (nSPS) is 17.1. The molecule has 24 heavy (non-hydrogen) atoms. The number of carbonyl (C=O) groups excluding carboxylic acids is 1. The molecule has 5 heteroatoms. The first-order valence-corrected chi connectivity index (χ1v) is 8.32. The molecule has 3 rings (SSSR count). The largest absolute Gasteiger partial charge is 0.371 e. The van der Waals surface area contributed by atoms with E-state index in [1.165, 1.54) is 17.3 Å². The van der Waals surface area contributed by atoms with Gasteiger partial charge in [-0.05, 0) is 43.9 Å². The van der Waals surface area contributed by atoms with Gasteiger partial charge < -0.3 is 15.2 Å². The lowest BCUT2D eigenvalue weighted by Gasteiger charge is -2.21. The molecule has 2 N–H and O–H groups in total. The van der Waals surface area contributed by atoms with Crippen molar-refractivity contribution < 1.29 is 4.79 Å². The smallest absolute Gasteiger partial charge is 0.251 e. The molecular formula is C19H23N3O2. The van der Waals surface area contributed by atoms with Crippen LogP contribution in [0.1, 0.15) is 28.0 Å². The average molecular weight is 325 g/mol. The number of hydrogen-bond donors (Lipinski definition) is 2. The highest BCUT2D eigenvalue weighted by Gasteiger charge is 2.24. The molecule has 0 radical (unpaired) electrons. The lowest BCUT2D eigenvalue weighted by atomic mass is 10.1. The van der Waals surface area contributed by atoms with E-state index < -0.39 is 0 Å². The van der Waals surface area contributed by atoms with Gasteiger partial charge in [-0.15, -0.1) is 0 Å². The van der Waals surface area contributed by atoms with Gasteiger partial charge >= 0.3 is 0 Å². The molecule has 0 bridgehead atoms. The first-order chi connectivity index (χ1) is 11.5. The molecule has 0 spiro atoms. The van der Waals surface area contributed by atoms with Gasteiger partial charge in [0.2, 0.25) is 5.56 Å². The van der Waals surface area contributed by atoms with Crippen LogP contribution in [0.25, 0.3) is 0 Å². The summed E-state index contributed by atoms with van der Waals surface area (Å²) in [7, 11) is 0. The number of rotatable bonds is 4. The van der Waals surface area contributed by atoms with Crippen LogP contribution in [0.5, 0.6) is 0 Å². The molecule has 2 aromatic rings. The minimum absolute atomic E-state index is 0.182. The summed E-state index contributed by atoms with van der Waals surface area (Å²) in [4.78, 5) is 28.7. The molecule has 2 heterocycles. The Hall–Kier alpha value is -2.56. The molecule has 1 fully saturated rings. The number of aryl methyl sites for hydroxylation is 2. The van der Waals surface area contributed by atoms with Crippen LogP contribution in [0.3, 0.4) is 0 Å². The minimum atomic E-state index is -0.244. The predicted molar refractivity (Wildman–Crippen MR) is 95.6 cm³/mol. The second-order valence-electron chi connectivity index (χ2n) is 6.51. The first-order valence-electron chi connectivity index (χ1n) is 8.32. The summed E-state index contributed by atoms with van der Waals surface area (Å²) in [6.07, 6.45) is 1.06. The minimum Gasteiger partial charge on any atom is -0.371 e. The number of para-hydroxylation sites is 1. The number of pyridine rings is 1. The number of nitrogens with one attached hydrogen (secondary N) is 2. The summed E-state index contributed by atoms with van der Waals surface area (Å²) in [5, 5.41) is 2.96. The van der Waals surface area contributed by atoms with E-state index in [0.29, 0.717) is 23.7 Å². The van der Waals surface area contributed by atoms with Crippen molar-refractivity contribution in [3.8, 4) is 0 Å². The highest BCUT2D eigenvalue weighted by Crippen LogP contribution is 2.26. The molecule has 5 nitrogen and oxygen atoms in total. The van der Waals surface area contributed by atoms with E-state index in [1.54, 1.807) is 13.0 Å². The molecule has 1 atom stereocenters. The Kier molecular flexibility index (Phi) is 4.69. The fourth-order valence-corrected chi connectivity index (χ4v) is 3.29. The number of hydrogen-bond acceptors (Lipinski definition) is 3. The summed E-state index contributed by atoms with van der Waals surface area (Å²) < 4.78 is 0. The van der Waals surface area contributed by atoms with Crippen molar-refractivity contribution in [3.05, 3.63) is 63.6 Å². The van der Waals surface area contributed by atoms with Crippen LogP contribution in [-0.4, -0.2) is 30.5 Å². The molecule has 1 saturated heterocycles. The maximum absolute atomic E-state index is 12.2. The van der Waals surface area contributed by atoms with Gasteiger partial charge in [-0.25, -0.2) is 0 Å². The third-order valence-corrected chi connectivity index (χ3v) is 4.53. The van der Waals surface area contributed by atoms with Crippen LogP contribution in [-0.2, 0) is 0 Å². The summed E-state index contributed by atoms with van der Waals surface area (Å²) >= 11 is 0. The molecular weight excluding hydrogens is 302 g/mol. The Labute approximate surface area is 141 Å². The van der Waals surface area contributed by atoms with E-state index in [0.717, 1.165) is 19.5 Å². The summed E-state index contributed by atoms with van der Waals surface area (Å²) in [5.74, 6) is 0.246.